The molecule has 1 fully saturated rings. The molecule has 0 unspecified atom stereocenters. The van der Waals surface area contributed by atoms with E-state index in [4.69, 9.17) is 0 Å². The van der Waals surface area contributed by atoms with Crippen molar-refractivity contribution in [2.75, 3.05) is 13.1 Å². The van der Waals surface area contributed by atoms with Crippen LogP contribution in [0.15, 0.2) is 23.2 Å². The van der Waals surface area contributed by atoms with E-state index in [1.54, 1.807) is 0 Å². The average molecular weight is 257 g/mol. The number of rotatable bonds is 3. The summed E-state index contributed by atoms with van der Waals surface area (Å²) in [6, 6.07) is 2.32. The van der Waals surface area contributed by atoms with E-state index >= 15 is 0 Å². The normalized spacial score (nSPS) is 17.2. The third kappa shape index (κ3) is 2.27. The Morgan fingerprint density at radius 3 is 2.41 bits per heavy atom. The molecule has 17 heavy (non-hydrogen) atoms. The second-order valence-corrected chi connectivity index (χ2v) is 5.66. The first-order chi connectivity index (χ1) is 8.01. The number of sulfonamides is 1. The van der Waals surface area contributed by atoms with Crippen molar-refractivity contribution in [1.29, 1.82) is 0 Å². The van der Waals surface area contributed by atoms with Gasteiger partial charge < -0.3 is 10.1 Å². The van der Waals surface area contributed by atoms with Crippen LogP contribution >= 0.6 is 0 Å². The minimum absolute atomic E-state index is 0.00463. The van der Waals surface area contributed by atoms with Crippen LogP contribution < -0.4 is 0 Å². The van der Waals surface area contributed by atoms with Gasteiger partial charge in [0.1, 0.15) is 4.90 Å². The summed E-state index contributed by atoms with van der Waals surface area (Å²) in [5.41, 5.74) is 0. The summed E-state index contributed by atoms with van der Waals surface area (Å²) in [4.78, 5) is 13.3. The van der Waals surface area contributed by atoms with Crippen molar-refractivity contribution < 1.29 is 13.3 Å². The number of pyridine rings is 1. The van der Waals surface area contributed by atoms with E-state index in [0.29, 0.717) is 13.1 Å². The molecule has 0 radical (unpaired) electrons. The standard InChI is InChI=1S/C9H11N3O4S/c13-12(14)9-4-3-8(7-10-9)17(15,16)11-5-1-2-6-11/h3-4,7H,1-2,5-6H2. The van der Waals surface area contributed by atoms with E-state index in [2.05, 4.69) is 4.98 Å². The maximum Gasteiger partial charge on any atom is 0.363 e. The number of nitrogens with zero attached hydrogens (tertiary/aromatic N) is 3. The summed E-state index contributed by atoms with van der Waals surface area (Å²) in [6.07, 6.45) is 2.73. The molecule has 1 saturated heterocycles. The average Bonchev–Trinajstić information content (AvgIpc) is 2.83. The summed E-state index contributed by atoms with van der Waals surface area (Å²) in [5.74, 6) is -0.356. The largest absolute Gasteiger partial charge is 0.363 e. The minimum Gasteiger partial charge on any atom is -0.358 e. The number of hydrogen-bond donors (Lipinski definition) is 0. The highest BCUT2D eigenvalue weighted by molar-refractivity contribution is 7.89. The number of aromatic nitrogens is 1. The van der Waals surface area contributed by atoms with E-state index in [9.17, 15) is 18.5 Å². The molecular weight excluding hydrogens is 246 g/mol. The molecule has 0 atom stereocenters. The van der Waals surface area contributed by atoms with Gasteiger partial charge in [0, 0.05) is 19.2 Å². The second kappa shape index (κ2) is 4.38. The van der Waals surface area contributed by atoms with Crippen molar-refractivity contribution in [1.82, 2.24) is 9.29 Å². The fraction of sp³-hybridized carbons (Fsp3) is 0.444. The first-order valence-corrected chi connectivity index (χ1v) is 6.56. The van der Waals surface area contributed by atoms with Crippen LogP contribution in [0.2, 0.25) is 0 Å². The Labute approximate surface area is 98.3 Å². The molecule has 0 aromatic carbocycles. The summed E-state index contributed by atoms with van der Waals surface area (Å²) in [5, 5.41) is 10.4. The zero-order valence-corrected chi connectivity index (χ0v) is 9.76. The fourth-order valence-corrected chi connectivity index (χ4v) is 3.17. The summed E-state index contributed by atoms with van der Waals surface area (Å²) in [6.45, 7) is 0.999. The van der Waals surface area contributed by atoms with Crippen molar-refractivity contribution in [2.24, 2.45) is 0 Å². The van der Waals surface area contributed by atoms with E-state index < -0.39 is 14.9 Å². The van der Waals surface area contributed by atoms with Crippen LogP contribution in [0.1, 0.15) is 12.8 Å². The molecule has 92 valence electrons. The van der Waals surface area contributed by atoms with Crippen molar-refractivity contribution in [3.05, 3.63) is 28.4 Å². The van der Waals surface area contributed by atoms with Crippen molar-refractivity contribution in [2.45, 2.75) is 17.7 Å². The Balaban J connectivity index is 2.30. The van der Waals surface area contributed by atoms with Gasteiger partial charge in [0.2, 0.25) is 10.0 Å². The molecule has 2 rings (SSSR count). The molecule has 8 heteroatoms. The number of hydrogen-bond acceptors (Lipinski definition) is 5. The van der Waals surface area contributed by atoms with Crippen LogP contribution in [0.25, 0.3) is 0 Å². The summed E-state index contributed by atoms with van der Waals surface area (Å²) in [7, 11) is -3.53. The van der Waals surface area contributed by atoms with Crippen LogP contribution in [-0.4, -0.2) is 35.7 Å². The fourth-order valence-electron chi connectivity index (χ4n) is 1.71. The molecule has 0 saturated carbocycles. The maximum absolute atomic E-state index is 12.0. The molecular formula is C9H11N3O4S. The lowest BCUT2D eigenvalue weighted by atomic mass is 10.4. The molecule has 2 heterocycles. The predicted octanol–water partition coefficient (Wildman–Crippen LogP) is 0.774. The second-order valence-electron chi connectivity index (χ2n) is 3.72. The van der Waals surface area contributed by atoms with Crippen LogP contribution in [-0.2, 0) is 10.0 Å². The van der Waals surface area contributed by atoms with Crippen LogP contribution in [0, 0.1) is 10.1 Å². The summed E-state index contributed by atoms with van der Waals surface area (Å²) < 4.78 is 25.4. The van der Waals surface area contributed by atoms with Gasteiger partial charge in [-0.1, -0.05) is 0 Å². The lowest BCUT2D eigenvalue weighted by Gasteiger charge is -2.13. The highest BCUT2D eigenvalue weighted by Crippen LogP contribution is 2.21. The van der Waals surface area contributed by atoms with Crippen LogP contribution in [0.5, 0.6) is 0 Å². The van der Waals surface area contributed by atoms with Gasteiger partial charge in [0.25, 0.3) is 0 Å². The molecule has 1 aliphatic rings. The van der Waals surface area contributed by atoms with Crippen molar-refractivity contribution >= 4 is 15.8 Å². The SMILES string of the molecule is O=[N+]([O-])c1ccc(S(=O)(=O)N2CCCC2)cn1. The summed E-state index contributed by atoms with van der Waals surface area (Å²) >= 11 is 0. The Kier molecular flexibility index (Phi) is 3.07. The first-order valence-electron chi connectivity index (χ1n) is 5.12. The zero-order chi connectivity index (χ0) is 12.5. The Morgan fingerprint density at radius 2 is 1.94 bits per heavy atom. The molecule has 0 N–H and O–H groups in total. The Morgan fingerprint density at radius 1 is 1.29 bits per heavy atom. The highest BCUT2D eigenvalue weighted by atomic mass is 32.2. The molecule has 1 aromatic heterocycles. The quantitative estimate of drug-likeness (QED) is 0.589. The van der Waals surface area contributed by atoms with E-state index in [0.717, 1.165) is 25.1 Å². The van der Waals surface area contributed by atoms with Crippen LogP contribution in [0.3, 0.4) is 0 Å². The molecule has 0 bridgehead atoms. The van der Waals surface area contributed by atoms with Gasteiger partial charge in [-0.15, -0.1) is 0 Å². The molecule has 1 aliphatic heterocycles. The smallest absolute Gasteiger partial charge is 0.358 e. The first kappa shape index (κ1) is 11.9. The van der Waals surface area contributed by atoms with E-state index in [-0.39, 0.29) is 10.7 Å². The van der Waals surface area contributed by atoms with Gasteiger partial charge in [-0.05, 0) is 28.8 Å². The number of nitro groups is 1. The Bertz CT molecular complexity index is 520. The third-order valence-electron chi connectivity index (χ3n) is 2.61. The van der Waals surface area contributed by atoms with Gasteiger partial charge in [0.15, 0.2) is 6.20 Å². The predicted molar refractivity (Wildman–Crippen MR) is 58.9 cm³/mol. The van der Waals surface area contributed by atoms with Crippen molar-refractivity contribution in [3.8, 4) is 0 Å². The lowest BCUT2D eigenvalue weighted by molar-refractivity contribution is -0.389. The molecule has 7 nitrogen and oxygen atoms in total. The van der Waals surface area contributed by atoms with Gasteiger partial charge in [-0.25, -0.2) is 8.42 Å². The molecule has 0 aliphatic carbocycles. The van der Waals surface area contributed by atoms with Gasteiger partial charge >= 0.3 is 5.82 Å². The topological polar surface area (TPSA) is 93.4 Å². The third-order valence-corrected chi connectivity index (χ3v) is 4.49. The van der Waals surface area contributed by atoms with Crippen molar-refractivity contribution in [3.63, 3.8) is 0 Å². The minimum atomic E-state index is -3.53. The van der Waals surface area contributed by atoms with E-state index in [1.807, 2.05) is 0 Å². The monoisotopic (exact) mass is 257 g/mol. The highest BCUT2D eigenvalue weighted by Gasteiger charge is 2.28. The van der Waals surface area contributed by atoms with Gasteiger partial charge in [-0.2, -0.15) is 4.31 Å². The van der Waals surface area contributed by atoms with Gasteiger partial charge in [-0.3, -0.25) is 0 Å². The Hall–Kier alpha value is -1.54. The molecule has 0 spiro atoms. The molecule has 0 amide bonds. The van der Waals surface area contributed by atoms with Gasteiger partial charge in [0.05, 0.1) is 0 Å². The lowest BCUT2D eigenvalue weighted by Crippen LogP contribution is -2.27. The zero-order valence-electron chi connectivity index (χ0n) is 8.94. The molecule has 1 aromatic rings. The maximum atomic E-state index is 12.0. The van der Waals surface area contributed by atoms with E-state index in [1.165, 1.54) is 10.4 Å². The van der Waals surface area contributed by atoms with Crippen LogP contribution in [0.4, 0.5) is 5.82 Å².